The number of rotatable bonds is 9. The van der Waals surface area contributed by atoms with Crippen LogP contribution >= 0.6 is 11.8 Å². The summed E-state index contributed by atoms with van der Waals surface area (Å²) < 4.78 is 15.5. The minimum absolute atomic E-state index is 0.00196. The number of hydrogen-bond donors (Lipinski definition) is 1. The first-order valence-corrected chi connectivity index (χ1v) is 12.0. The van der Waals surface area contributed by atoms with Gasteiger partial charge in [-0.05, 0) is 68.5 Å². The van der Waals surface area contributed by atoms with Crippen LogP contribution in [0.25, 0.3) is 0 Å². The molecule has 0 aliphatic rings. The number of hydrogen-bond acceptors (Lipinski definition) is 4. The summed E-state index contributed by atoms with van der Waals surface area (Å²) in [5.74, 6) is 0.435. The third-order valence-corrected chi connectivity index (χ3v) is 6.81. The molecule has 3 rings (SSSR count). The average molecular weight is 468 g/mol. The van der Waals surface area contributed by atoms with E-state index in [4.69, 9.17) is 0 Å². The molecule has 0 radical (unpaired) electrons. The lowest BCUT2D eigenvalue weighted by molar-refractivity contribution is -0.116. The van der Waals surface area contributed by atoms with Crippen LogP contribution in [0.15, 0.2) is 52.4 Å². The summed E-state index contributed by atoms with van der Waals surface area (Å²) in [7, 11) is 1.69. The molecule has 1 heterocycles. The number of thioether (sulfide) groups is 1. The van der Waals surface area contributed by atoms with Gasteiger partial charge in [0.1, 0.15) is 5.82 Å². The van der Waals surface area contributed by atoms with E-state index >= 15 is 0 Å². The summed E-state index contributed by atoms with van der Waals surface area (Å²) in [5, 5.41) is 3.58. The maximum Gasteiger partial charge on any atom is 0.257 e. The van der Waals surface area contributed by atoms with E-state index in [0.717, 1.165) is 29.8 Å². The largest absolute Gasteiger partial charge is 0.326 e. The molecule has 0 spiro atoms. The molecule has 1 N–H and O–H groups in total. The Hall–Kier alpha value is -2.93. The normalized spacial score (nSPS) is 10.9. The highest BCUT2D eigenvalue weighted by Crippen LogP contribution is 2.20. The van der Waals surface area contributed by atoms with E-state index in [1.807, 2.05) is 32.0 Å². The molecule has 174 valence electrons. The van der Waals surface area contributed by atoms with Crippen molar-refractivity contribution in [2.45, 2.75) is 51.6 Å². The van der Waals surface area contributed by atoms with Crippen molar-refractivity contribution in [2.24, 2.45) is 7.05 Å². The van der Waals surface area contributed by atoms with Gasteiger partial charge in [0.05, 0.1) is 0 Å². The van der Waals surface area contributed by atoms with Crippen LogP contribution in [-0.2, 0) is 18.3 Å². The van der Waals surface area contributed by atoms with Gasteiger partial charge in [-0.15, -0.1) is 0 Å². The Bertz CT molecular complexity index is 1210. The van der Waals surface area contributed by atoms with Crippen molar-refractivity contribution in [3.8, 4) is 0 Å². The number of anilines is 1. The standard InChI is InChI=1S/C26H30FN3O2S/c1-17-12-13-21(15-18(17)2)29-24(31)11-7-8-14-33-26-28-19(3)22(25(32)30(26)4)16-20-9-5-6-10-23(20)27/h5-6,9-10,12-13,15H,7-8,11,14,16H2,1-4H3,(H,29,31). The molecule has 0 saturated carbocycles. The molecule has 0 unspecified atom stereocenters. The van der Waals surface area contributed by atoms with Crippen LogP contribution in [0.4, 0.5) is 10.1 Å². The molecule has 3 aromatic rings. The second-order valence-corrected chi connectivity index (χ2v) is 9.31. The van der Waals surface area contributed by atoms with Crippen LogP contribution < -0.4 is 10.9 Å². The molecule has 5 nitrogen and oxygen atoms in total. The van der Waals surface area contributed by atoms with E-state index in [0.29, 0.717) is 28.4 Å². The van der Waals surface area contributed by atoms with Crippen molar-refractivity contribution in [2.75, 3.05) is 11.1 Å². The molecule has 0 aliphatic heterocycles. The van der Waals surface area contributed by atoms with Gasteiger partial charge >= 0.3 is 0 Å². The van der Waals surface area contributed by atoms with Crippen LogP contribution in [0.1, 0.15) is 47.2 Å². The number of unbranched alkanes of at least 4 members (excludes halogenated alkanes) is 1. The molecule has 1 amide bonds. The number of aryl methyl sites for hydroxylation is 3. The number of amides is 1. The van der Waals surface area contributed by atoms with E-state index in [-0.39, 0.29) is 23.7 Å². The highest BCUT2D eigenvalue weighted by Gasteiger charge is 2.14. The Kier molecular flexibility index (Phi) is 8.44. The number of nitrogens with one attached hydrogen (secondary N) is 1. The molecule has 0 atom stereocenters. The van der Waals surface area contributed by atoms with Gasteiger partial charge in [-0.3, -0.25) is 14.2 Å². The fourth-order valence-electron chi connectivity index (χ4n) is 3.49. The maximum absolute atomic E-state index is 14.0. The van der Waals surface area contributed by atoms with Crippen molar-refractivity contribution in [1.29, 1.82) is 0 Å². The fraction of sp³-hybridized carbons (Fsp3) is 0.346. The number of carbonyl (C=O) groups is 1. The van der Waals surface area contributed by atoms with E-state index in [1.165, 1.54) is 28.0 Å². The molecule has 0 bridgehead atoms. The van der Waals surface area contributed by atoms with Crippen molar-refractivity contribution in [1.82, 2.24) is 9.55 Å². The van der Waals surface area contributed by atoms with Gasteiger partial charge in [-0.2, -0.15) is 0 Å². The van der Waals surface area contributed by atoms with Gasteiger partial charge in [-0.1, -0.05) is 36.0 Å². The first-order chi connectivity index (χ1) is 15.8. The quantitative estimate of drug-likeness (QED) is 0.262. The van der Waals surface area contributed by atoms with E-state index in [1.54, 1.807) is 32.2 Å². The highest BCUT2D eigenvalue weighted by molar-refractivity contribution is 7.99. The summed E-state index contributed by atoms with van der Waals surface area (Å²) in [6.45, 7) is 5.86. The summed E-state index contributed by atoms with van der Waals surface area (Å²) in [6, 6.07) is 12.4. The Labute approximate surface area is 198 Å². The minimum Gasteiger partial charge on any atom is -0.326 e. The maximum atomic E-state index is 14.0. The van der Waals surface area contributed by atoms with Crippen molar-refractivity contribution in [3.63, 3.8) is 0 Å². The molecular formula is C26H30FN3O2S. The lowest BCUT2D eigenvalue weighted by Crippen LogP contribution is -2.26. The van der Waals surface area contributed by atoms with E-state index < -0.39 is 0 Å². The lowest BCUT2D eigenvalue weighted by Gasteiger charge is -2.12. The van der Waals surface area contributed by atoms with Gasteiger partial charge in [0.25, 0.3) is 5.56 Å². The monoisotopic (exact) mass is 467 g/mol. The smallest absolute Gasteiger partial charge is 0.257 e. The zero-order chi connectivity index (χ0) is 24.0. The second-order valence-electron chi connectivity index (χ2n) is 8.24. The number of carbonyl (C=O) groups excluding carboxylic acids is 1. The predicted octanol–water partition coefficient (Wildman–Crippen LogP) is 5.34. The van der Waals surface area contributed by atoms with Gasteiger partial charge in [-0.25, -0.2) is 9.37 Å². The van der Waals surface area contributed by atoms with Crippen LogP contribution in [0, 0.1) is 26.6 Å². The van der Waals surface area contributed by atoms with Crippen LogP contribution in [0.2, 0.25) is 0 Å². The van der Waals surface area contributed by atoms with Gasteiger partial charge in [0, 0.05) is 42.6 Å². The summed E-state index contributed by atoms with van der Waals surface area (Å²) in [6.07, 6.45) is 2.25. The molecule has 0 fully saturated rings. The highest BCUT2D eigenvalue weighted by atomic mass is 32.2. The number of halogens is 1. The van der Waals surface area contributed by atoms with Crippen LogP contribution in [0.5, 0.6) is 0 Å². The Morgan fingerprint density at radius 1 is 1.09 bits per heavy atom. The molecular weight excluding hydrogens is 437 g/mol. The summed E-state index contributed by atoms with van der Waals surface area (Å²) in [4.78, 5) is 29.6. The molecule has 0 aliphatic carbocycles. The van der Waals surface area contributed by atoms with Crippen molar-refractivity contribution >= 4 is 23.4 Å². The molecule has 2 aromatic carbocycles. The Balaban J connectivity index is 1.51. The van der Waals surface area contributed by atoms with E-state index in [9.17, 15) is 14.0 Å². The third-order valence-electron chi connectivity index (χ3n) is 5.69. The zero-order valence-electron chi connectivity index (χ0n) is 19.6. The molecule has 1 aromatic heterocycles. The first-order valence-electron chi connectivity index (χ1n) is 11.1. The molecule has 0 saturated heterocycles. The number of aromatic nitrogens is 2. The van der Waals surface area contributed by atoms with Crippen LogP contribution in [0.3, 0.4) is 0 Å². The summed E-state index contributed by atoms with van der Waals surface area (Å²) >= 11 is 1.50. The van der Waals surface area contributed by atoms with Gasteiger partial charge < -0.3 is 5.32 Å². The average Bonchev–Trinajstić information content (AvgIpc) is 2.78. The summed E-state index contributed by atoms with van der Waals surface area (Å²) in [5.41, 5.74) is 4.63. The molecule has 7 heteroatoms. The van der Waals surface area contributed by atoms with E-state index in [2.05, 4.69) is 10.3 Å². The third kappa shape index (κ3) is 6.54. The predicted molar refractivity (Wildman–Crippen MR) is 133 cm³/mol. The Morgan fingerprint density at radius 3 is 2.58 bits per heavy atom. The number of nitrogens with zero attached hydrogens (tertiary/aromatic N) is 2. The number of benzene rings is 2. The van der Waals surface area contributed by atoms with Crippen molar-refractivity contribution in [3.05, 3.63) is 86.6 Å². The SMILES string of the molecule is Cc1ccc(NC(=O)CCCCSc2nc(C)c(Cc3ccccc3F)c(=O)n2C)cc1C. The Morgan fingerprint density at radius 2 is 1.85 bits per heavy atom. The first kappa shape index (κ1) is 24.7. The topological polar surface area (TPSA) is 64.0 Å². The fourth-order valence-corrected chi connectivity index (χ4v) is 4.50. The minimum atomic E-state index is -0.320. The zero-order valence-corrected chi connectivity index (χ0v) is 20.4. The van der Waals surface area contributed by atoms with Gasteiger partial charge in [0.2, 0.25) is 5.91 Å². The van der Waals surface area contributed by atoms with Crippen LogP contribution in [-0.4, -0.2) is 21.2 Å². The van der Waals surface area contributed by atoms with Gasteiger partial charge in [0.15, 0.2) is 5.16 Å². The lowest BCUT2D eigenvalue weighted by atomic mass is 10.0. The molecule has 33 heavy (non-hydrogen) atoms. The second kappa shape index (κ2) is 11.3. The van der Waals surface area contributed by atoms with Crippen molar-refractivity contribution < 1.29 is 9.18 Å².